The summed E-state index contributed by atoms with van der Waals surface area (Å²) in [6.45, 7) is 7.71. The van der Waals surface area contributed by atoms with Crippen molar-refractivity contribution in [3.05, 3.63) is 58.7 Å². The largest absolute Gasteiger partial charge is 0.476 e. The molecule has 9 nitrogen and oxygen atoms in total. The summed E-state index contributed by atoms with van der Waals surface area (Å²) in [5.74, 6) is -3.25. The number of esters is 3. The van der Waals surface area contributed by atoms with E-state index < -0.39 is 36.4 Å². The molecular formula is C18H15NO8. The molecule has 2 N–H and O–H groups in total. The first-order valence-corrected chi connectivity index (χ1v) is 7.76. The topological polar surface area (TPSA) is 131 Å². The monoisotopic (exact) mass is 373 g/mol. The quantitative estimate of drug-likeness (QED) is 0.285. The van der Waals surface area contributed by atoms with E-state index in [0.717, 1.165) is 0 Å². The maximum atomic E-state index is 12.4. The average Bonchev–Trinajstić information content (AvgIpc) is 3.20. The van der Waals surface area contributed by atoms with Crippen molar-refractivity contribution in [2.75, 3.05) is 13.2 Å². The third-order valence-electron chi connectivity index (χ3n) is 3.75. The van der Waals surface area contributed by atoms with Gasteiger partial charge in [-0.15, -0.1) is 0 Å². The van der Waals surface area contributed by atoms with Crippen LogP contribution in [0.5, 0.6) is 0 Å². The van der Waals surface area contributed by atoms with Crippen LogP contribution in [0.15, 0.2) is 58.7 Å². The van der Waals surface area contributed by atoms with Crippen LogP contribution in [0.1, 0.15) is 6.92 Å². The second-order valence-electron chi connectivity index (χ2n) is 6.02. The predicted octanol–water partition coefficient (Wildman–Crippen LogP) is 0.0942. The van der Waals surface area contributed by atoms with E-state index >= 15 is 0 Å². The van der Waals surface area contributed by atoms with Crippen molar-refractivity contribution in [2.24, 2.45) is 5.73 Å². The first-order chi connectivity index (χ1) is 12.7. The second-order valence-corrected chi connectivity index (χ2v) is 6.02. The van der Waals surface area contributed by atoms with Gasteiger partial charge in [0.15, 0.2) is 30.0 Å². The Hall–Kier alpha value is -3.62. The summed E-state index contributed by atoms with van der Waals surface area (Å²) in [6, 6.07) is 0. The number of carbonyl (C=O) groups excluding carboxylic acids is 4. The Balaban J connectivity index is 1.79. The second kappa shape index (κ2) is 6.60. The van der Waals surface area contributed by atoms with Crippen LogP contribution >= 0.6 is 0 Å². The highest BCUT2D eigenvalue weighted by atomic mass is 16.6. The Morgan fingerprint density at radius 2 is 1.93 bits per heavy atom. The molecule has 2 bridgehead atoms. The van der Waals surface area contributed by atoms with Crippen LogP contribution in [0, 0.1) is 0 Å². The molecule has 27 heavy (non-hydrogen) atoms. The molecule has 0 saturated heterocycles. The van der Waals surface area contributed by atoms with Gasteiger partial charge in [0.1, 0.15) is 17.9 Å². The summed E-state index contributed by atoms with van der Waals surface area (Å²) in [5, 5.41) is 0. The Morgan fingerprint density at radius 3 is 2.56 bits per heavy atom. The molecule has 0 aromatic carbocycles. The molecule has 3 rings (SSSR count). The molecule has 0 amide bonds. The summed E-state index contributed by atoms with van der Waals surface area (Å²) in [4.78, 5) is 47.7. The van der Waals surface area contributed by atoms with Gasteiger partial charge in [-0.1, -0.05) is 13.2 Å². The van der Waals surface area contributed by atoms with Gasteiger partial charge in [0.05, 0.1) is 5.57 Å². The standard InChI is InChI=1S/C18H15NO8/c1-7(2)5-24-18(23)13-12-10(20)4-9-14(12)27-16(13)15(9)26-11(21)6-25-17(22)8(3)19/h4,14H,1,3,5-6,19H2,2H3. The fraction of sp³-hybridized carbons (Fsp3) is 0.222. The van der Waals surface area contributed by atoms with Gasteiger partial charge in [0, 0.05) is 5.57 Å². The van der Waals surface area contributed by atoms with Crippen molar-refractivity contribution < 1.29 is 38.1 Å². The molecule has 2 heterocycles. The SMILES string of the molecule is C=C(C)COC(=O)C1=C2C(=O)C=C3C(OC(=O)COC(=O)C(=C)N)=C1OC32. The summed E-state index contributed by atoms with van der Waals surface area (Å²) in [6.07, 6.45) is 0.414. The Labute approximate surface area is 153 Å². The fourth-order valence-electron chi connectivity index (χ4n) is 2.67. The van der Waals surface area contributed by atoms with Crippen molar-refractivity contribution in [1.29, 1.82) is 0 Å². The molecule has 3 aliphatic rings. The van der Waals surface area contributed by atoms with Crippen LogP contribution in [-0.2, 0) is 38.1 Å². The minimum absolute atomic E-state index is 0.0317. The minimum atomic E-state index is -0.963. The number of ether oxygens (including phenoxy) is 4. The van der Waals surface area contributed by atoms with Crippen LogP contribution in [0.4, 0.5) is 0 Å². The van der Waals surface area contributed by atoms with Gasteiger partial charge in [0.25, 0.3) is 0 Å². The lowest BCUT2D eigenvalue weighted by molar-refractivity contribution is -0.153. The highest BCUT2D eigenvalue weighted by Gasteiger charge is 2.54. The number of allylic oxidation sites excluding steroid dienone is 1. The van der Waals surface area contributed by atoms with Crippen molar-refractivity contribution in [1.82, 2.24) is 0 Å². The summed E-state index contributed by atoms with van der Waals surface area (Å²) >= 11 is 0. The number of ketones is 1. The third-order valence-corrected chi connectivity index (χ3v) is 3.75. The molecule has 0 saturated carbocycles. The van der Waals surface area contributed by atoms with Crippen molar-refractivity contribution in [3.8, 4) is 0 Å². The zero-order chi connectivity index (χ0) is 19.9. The molecule has 0 aromatic heterocycles. The van der Waals surface area contributed by atoms with Gasteiger partial charge < -0.3 is 24.7 Å². The molecule has 2 aliphatic heterocycles. The van der Waals surface area contributed by atoms with Crippen LogP contribution in [-0.4, -0.2) is 43.0 Å². The van der Waals surface area contributed by atoms with Gasteiger partial charge in [-0.3, -0.25) is 4.79 Å². The van der Waals surface area contributed by atoms with E-state index in [1.165, 1.54) is 6.08 Å². The lowest BCUT2D eigenvalue weighted by Gasteiger charge is -2.12. The maximum Gasteiger partial charge on any atom is 0.354 e. The van der Waals surface area contributed by atoms with E-state index in [-0.39, 0.29) is 35.0 Å². The molecule has 9 heteroatoms. The summed E-state index contributed by atoms with van der Waals surface area (Å²) in [5.41, 5.74) is 5.77. The fourth-order valence-corrected chi connectivity index (χ4v) is 2.67. The zero-order valence-electron chi connectivity index (χ0n) is 14.3. The van der Waals surface area contributed by atoms with Crippen molar-refractivity contribution in [2.45, 2.75) is 13.0 Å². The predicted molar refractivity (Wildman–Crippen MR) is 88.2 cm³/mol. The summed E-state index contributed by atoms with van der Waals surface area (Å²) in [7, 11) is 0. The first-order valence-electron chi connectivity index (χ1n) is 7.76. The first kappa shape index (κ1) is 18.2. The number of nitrogens with two attached hydrogens (primary N) is 1. The average molecular weight is 373 g/mol. The maximum absolute atomic E-state index is 12.4. The Morgan fingerprint density at radius 1 is 1.22 bits per heavy atom. The van der Waals surface area contributed by atoms with Crippen LogP contribution < -0.4 is 5.73 Å². The van der Waals surface area contributed by atoms with E-state index in [9.17, 15) is 19.2 Å². The molecule has 0 spiro atoms. The molecule has 140 valence electrons. The number of rotatable bonds is 7. The van der Waals surface area contributed by atoms with Gasteiger partial charge in [-0.05, 0) is 18.6 Å². The van der Waals surface area contributed by atoms with E-state index in [2.05, 4.69) is 17.9 Å². The normalized spacial score (nSPS) is 18.9. The molecule has 1 atom stereocenters. The van der Waals surface area contributed by atoms with Crippen LogP contribution in [0.3, 0.4) is 0 Å². The highest BCUT2D eigenvalue weighted by molar-refractivity contribution is 6.18. The van der Waals surface area contributed by atoms with Crippen molar-refractivity contribution >= 4 is 23.7 Å². The molecule has 0 radical (unpaired) electrons. The van der Waals surface area contributed by atoms with Gasteiger partial charge >= 0.3 is 17.9 Å². The van der Waals surface area contributed by atoms with Gasteiger partial charge in [-0.25, -0.2) is 14.4 Å². The zero-order valence-corrected chi connectivity index (χ0v) is 14.3. The third kappa shape index (κ3) is 3.14. The molecule has 1 unspecified atom stereocenters. The number of fused-ring (bicyclic) bond motifs is 1. The van der Waals surface area contributed by atoms with Crippen molar-refractivity contribution in [3.63, 3.8) is 0 Å². The lowest BCUT2D eigenvalue weighted by Crippen LogP contribution is -2.22. The van der Waals surface area contributed by atoms with Gasteiger partial charge in [0.2, 0.25) is 0 Å². The molecule has 1 aliphatic carbocycles. The number of hydrogen-bond acceptors (Lipinski definition) is 9. The van der Waals surface area contributed by atoms with Crippen LogP contribution in [0.2, 0.25) is 0 Å². The summed E-state index contributed by atoms with van der Waals surface area (Å²) < 4.78 is 20.3. The molecule has 0 fully saturated rings. The highest BCUT2D eigenvalue weighted by Crippen LogP contribution is 2.50. The Bertz CT molecular complexity index is 918. The number of hydrogen-bond donors (Lipinski definition) is 1. The Kier molecular flexibility index (Phi) is 4.44. The molecule has 0 aromatic rings. The van der Waals surface area contributed by atoms with E-state index in [1.807, 2.05) is 0 Å². The minimum Gasteiger partial charge on any atom is -0.476 e. The van der Waals surface area contributed by atoms with E-state index in [4.69, 9.17) is 19.9 Å². The van der Waals surface area contributed by atoms with E-state index in [1.54, 1.807) is 6.92 Å². The van der Waals surface area contributed by atoms with Gasteiger partial charge in [-0.2, -0.15) is 0 Å². The lowest BCUT2D eigenvalue weighted by atomic mass is 9.97. The smallest absolute Gasteiger partial charge is 0.354 e. The van der Waals surface area contributed by atoms with Crippen LogP contribution in [0.25, 0.3) is 0 Å². The molecular weight excluding hydrogens is 358 g/mol. The number of carbonyl (C=O) groups is 4. The van der Waals surface area contributed by atoms with E-state index in [0.29, 0.717) is 11.1 Å².